The quantitative estimate of drug-likeness (QED) is 0.862. The molecule has 1 atom stereocenters. The van der Waals surface area contributed by atoms with Crippen molar-refractivity contribution in [2.24, 2.45) is 0 Å². The summed E-state index contributed by atoms with van der Waals surface area (Å²) in [6.07, 6.45) is 5.10. The molecule has 0 saturated heterocycles. The van der Waals surface area contributed by atoms with Crippen molar-refractivity contribution >= 4 is 17.0 Å². The molecule has 0 bridgehead atoms. The number of anilines is 1. The summed E-state index contributed by atoms with van der Waals surface area (Å²) in [7, 11) is 0. The van der Waals surface area contributed by atoms with E-state index in [-0.39, 0.29) is 0 Å². The van der Waals surface area contributed by atoms with Crippen LogP contribution in [0.1, 0.15) is 22.7 Å². The van der Waals surface area contributed by atoms with Gasteiger partial charge in [-0.05, 0) is 26.0 Å². The molecule has 0 radical (unpaired) electrons. The van der Waals surface area contributed by atoms with Crippen molar-refractivity contribution in [2.75, 3.05) is 5.32 Å². The van der Waals surface area contributed by atoms with Crippen molar-refractivity contribution < 1.29 is 0 Å². The maximum Gasteiger partial charge on any atom is 0.115 e. The summed E-state index contributed by atoms with van der Waals surface area (Å²) in [5, 5.41) is 3.36. The highest BCUT2D eigenvalue weighted by atomic mass is 32.1. The molecule has 4 heteroatoms. The molecule has 0 aliphatic rings. The molecule has 1 N–H and O–H groups in total. The largest absolute Gasteiger partial charge is 0.375 e. The van der Waals surface area contributed by atoms with E-state index < -0.39 is 0 Å². The van der Waals surface area contributed by atoms with Gasteiger partial charge in [0.2, 0.25) is 0 Å². The lowest BCUT2D eigenvalue weighted by Gasteiger charge is -2.12. The number of thiophene rings is 1. The molecule has 0 aliphatic carbocycles. The summed E-state index contributed by atoms with van der Waals surface area (Å²) < 4.78 is 0. The second-order valence-corrected chi connectivity index (χ2v) is 4.76. The van der Waals surface area contributed by atoms with E-state index in [0.29, 0.717) is 6.04 Å². The van der Waals surface area contributed by atoms with Gasteiger partial charge in [-0.2, -0.15) is 0 Å². The Hall–Kier alpha value is -1.42. The fourth-order valence-electron chi connectivity index (χ4n) is 1.38. The van der Waals surface area contributed by atoms with Gasteiger partial charge in [0.15, 0.2) is 0 Å². The van der Waals surface area contributed by atoms with Crippen molar-refractivity contribution in [1.29, 1.82) is 0 Å². The average Bonchev–Trinajstić information content (AvgIpc) is 2.66. The van der Waals surface area contributed by atoms with Crippen molar-refractivity contribution in [1.82, 2.24) is 9.97 Å². The Bertz CT molecular complexity index is 424. The molecule has 3 nitrogen and oxygen atoms in total. The number of nitrogens with zero attached hydrogens (tertiary/aromatic N) is 2. The van der Waals surface area contributed by atoms with E-state index in [1.54, 1.807) is 12.4 Å². The zero-order valence-electron chi connectivity index (χ0n) is 8.77. The average molecular weight is 219 g/mol. The third-order valence-electron chi connectivity index (χ3n) is 2.13. The van der Waals surface area contributed by atoms with Crippen LogP contribution in [0.5, 0.6) is 0 Å². The van der Waals surface area contributed by atoms with E-state index in [0.717, 1.165) is 5.69 Å². The van der Waals surface area contributed by atoms with Crippen LogP contribution in [0.4, 0.5) is 5.69 Å². The van der Waals surface area contributed by atoms with E-state index in [2.05, 4.69) is 41.3 Å². The fraction of sp³-hybridized carbons (Fsp3) is 0.273. The normalized spacial score (nSPS) is 12.4. The summed E-state index contributed by atoms with van der Waals surface area (Å²) in [6.45, 7) is 4.25. The van der Waals surface area contributed by atoms with Crippen LogP contribution in [-0.4, -0.2) is 9.97 Å². The minimum Gasteiger partial charge on any atom is -0.375 e. The second-order valence-electron chi connectivity index (χ2n) is 3.44. The summed E-state index contributed by atoms with van der Waals surface area (Å²) in [5.41, 5.74) is 0.955. The lowest BCUT2D eigenvalue weighted by molar-refractivity contribution is 0.902. The number of rotatable bonds is 3. The van der Waals surface area contributed by atoms with Crippen LogP contribution < -0.4 is 5.32 Å². The molecule has 1 unspecified atom stereocenters. The molecule has 78 valence electrons. The highest BCUT2D eigenvalue weighted by Crippen LogP contribution is 2.24. The molecule has 0 aliphatic heterocycles. The molecular formula is C11H13N3S. The lowest BCUT2D eigenvalue weighted by atomic mass is 10.2. The van der Waals surface area contributed by atoms with Gasteiger partial charge in [0.05, 0.1) is 24.1 Å². The minimum absolute atomic E-state index is 0.301. The zero-order chi connectivity index (χ0) is 10.7. The Balaban J connectivity index is 2.07. The molecular weight excluding hydrogens is 206 g/mol. The lowest BCUT2D eigenvalue weighted by Crippen LogP contribution is -2.05. The van der Waals surface area contributed by atoms with Crippen LogP contribution in [0.2, 0.25) is 0 Å². The smallest absolute Gasteiger partial charge is 0.115 e. The Labute approximate surface area is 93.2 Å². The van der Waals surface area contributed by atoms with Crippen molar-refractivity contribution in [2.45, 2.75) is 19.9 Å². The van der Waals surface area contributed by atoms with Crippen molar-refractivity contribution in [3.8, 4) is 0 Å². The van der Waals surface area contributed by atoms with Crippen LogP contribution in [0.25, 0.3) is 0 Å². The molecule has 0 spiro atoms. The van der Waals surface area contributed by atoms with Crippen LogP contribution in [-0.2, 0) is 0 Å². The number of hydrogen-bond acceptors (Lipinski definition) is 4. The molecule has 2 heterocycles. The number of aromatic nitrogens is 2. The fourth-order valence-corrected chi connectivity index (χ4v) is 2.26. The summed E-state index contributed by atoms with van der Waals surface area (Å²) in [4.78, 5) is 10.6. The van der Waals surface area contributed by atoms with Gasteiger partial charge < -0.3 is 5.32 Å². The van der Waals surface area contributed by atoms with Crippen LogP contribution in [0, 0.1) is 6.92 Å². The summed E-state index contributed by atoms with van der Waals surface area (Å²) >= 11 is 1.81. The Kier molecular flexibility index (Phi) is 2.97. The first kappa shape index (κ1) is 10.1. The van der Waals surface area contributed by atoms with E-state index in [4.69, 9.17) is 0 Å². The van der Waals surface area contributed by atoms with Crippen LogP contribution >= 0.6 is 11.3 Å². The Morgan fingerprint density at radius 3 is 2.60 bits per heavy atom. The van der Waals surface area contributed by atoms with Gasteiger partial charge in [0.1, 0.15) is 6.33 Å². The SMILES string of the molecule is Cc1ccc(C(C)Nc2cncnc2)s1. The van der Waals surface area contributed by atoms with Crippen LogP contribution in [0.15, 0.2) is 30.9 Å². The first-order valence-corrected chi connectivity index (χ1v) is 5.65. The first-order valence-electron chi connectivity index (χ1n) is 4.83. The van der Waals surface area contributed by atoms with Crippen LogP contribution in [0.3, 0.4) is 0 Å². The van der Waals surface area contributed by atoms with Crippen molar-refractivity contribution in [3.63, 3.8) is 0 Å². The number of hydrogen-bond donors (Lipinski definition) is 1. The molecule has 2 aromatic heterocycles. The predicted octanol–water partition coefficient (Wildman–Crippen LogP) is 3.02. The second kappa shape index (κ2) is 4.40. The molecule has 2 rings (SSSR count). The van der Waals surface area contributed by atoms with Gasteiger partial charge in [-0.3, -0.25) is 0 Å². The number of nitrogens with one attached hydrogen (secondary N) is 1. The van der Waals surface area contributed by atoms with Gasteiger partial charge in [-0.1, -0.05) is 0 Å². The van der Waals surface area contributed by atoms with Gasteiger partial charge in [0.25, 0.3) is 0 Å². The first-order chi connectivity index (χ1) is 7.25. The van der Waals surface area contributed by atoms with Gasteiger partial charge in [-0.25, -0.2) is 9.97 Å². The topological polar surface area (TPSA) is 37.8 Å². The monoisotopic (exact) mass is 219 g/mol. The standard InChI is InChI=1S/C11H13N3S/c1-8-3-4-11(15-8)9(2)14-10-5-12-7-13-6-10/h3-7,9,14H,1-2H3. The van der Waals surface area contributed by atoms with E-state index in [1.165, 1.54) is 16.1 Å². The van der Waals surface area contributed by atoms with E-state index >= 15 is 0 Å². The van der Waals surface area contributed by atoms with E-state index in [9.17, 15) is 0 Å². The van der Waals surface area contributed by atoms with Gasteiger partial charge in [-0.15, -0.1) is 11.3 Å². The Morgan fingerprint density at radius 1 is 1.27 bits per heavy atom. The maximum absolute atomic E-state index is 3.97. The molecule has 0 fully saturated rings. The summed E-state index contributed by atoms with van der Waals surface area (Å²) in [6, 6.07) is 4.59. The molecule has 0 aromatic carbocycles. The third-order valence-corrected chi connectivity index (χ3v) is 3.32. The third kappa shape index (κ3) is 2.53. The van der Waals surface area contributed by atoms with E-state index in [1.807, 2.05) is 11.3 Å². The van der Waals surface area contributed by atoms with Crippen molar-refractivity contribution in [3.05, 3.63) is 40.6 Å². The minimum atomic E-state index is 0.301. The maximum atomic E-state index is 3.97. The highest BCUT2D eigenvalue weighted by molar-refractivity contribution is 7.12. The highest BCUT2D eigenvalue weighted by Gasteiger charge is 2.07. The zero-order valence-corrected chi connectivity index (χ0v) is 9.58. The molecule has 0 amide bonds. The van der Waals surface area contributed by atoms with Gasteiger partial charge in [0, 0.05) is 9.75 Å². The Morgan fingerprint density at radius 2 is 2.00 bits per heavy atom. The number of aryl methyl sites for hydroxylation is 1. The molecule has 2 aromatic rings. The molecule has 15 heavy (non-hydrogen) atoms. The molecule has 0 saturated carbocycles. The summed E-state index contributed by atoms with van der Waals surface area (Å²) in [5.74, 6) is 0. The predicted molar refractivity (Wildman–Crippen MR) is 63.1 cm³/mol. The van der Waals surface area contributed by atoms with Gasteiger partial charge >= 0.3 is 0 Å².